The molecule has 0 amide bonds. The number of hydrogen-bond donors (Lipinski definition) is 1. The highest BCUT2D eigenvalue weighted by atomic mass is 79.9. The van der Waals surface area contributed by atoms with Gasteiger partial charge in [-0.2, -0.15) is 0 Å². The number of halogens is 1. The van der Waals surface area contributed by atoms with Gasteiger partial charge >= 0.3 is 0 Å². The summed E-state index contributed by atoms with van der Waals surface area (Å²) in [5, 5.41) is 0. The summed E-state index contributed by atoms with van der Waals surface area (Å²) in [6, 6.07) is 12.5. The van der Waals surface area contributed by atoms with Crippen LogP contribution in [-0.4, -0.2) is 6.04 Å². The van der Waals surface area contributed by atoms with E-state index >= 15 is 0 Å². The minimum atomic E-state index is 0.160. The highest BCUT2D eigenvalue weighted by Gasteiger charge is 2.06. The monoisotopic (exact) mass is 333 g/mol. The topological polar surface area (TPSA) is 35.2 Å². The molecule has 0 aliphatic carbocycles. The van der Waals surface area contributed by atoms with Gasteiger partial charge in [-0.15, -0.1) is 0 Å². The van der Waals surface area contributed by atoms with Crippen LogP contribution in [0.2, 0.25) is 0 Å². The van der Waals surface area contributed by atoms with Gasteiger partial charge in [-0.1, -0.05) is 12.1 Å². The lowest BCUT2D eigenvalue weighted by Gasteiger charge is -2.11. The maximum absolute atomic E-state index is 5.95. The fourth-order valence-electron chi connectivity index (χ4n) is 2.24. The Morgan fingerprint density at radius 2 is 1.75 bits per heavy atom. The Balaban J connectivity index is 2.21. The van der Waals surface area contributed by atoms with Crippen molar-refractivity contribution in [3.8, 4) is 11.5 Å². The van der Waals surface area contributed by atoms with E-state index in [9.17, 15) is 0 Å². The van der Waals surface area contributed by atoms with E-state index in [0.717, 1.165) is 22.4 Å². The molecule has 2 aromatic carbocycles. The second-order valence-electron chi connectivity index (χ2n) is 5.37. The molecule has 0 saturated carbocycles. The van der Waals surface area contributed by atoms with Crippen LogP contribution in [0.15, 0.2) is 40.9 Å². The highest BCUT2D eigenvalue weighted by Crippen LogP contribution is 2.31. The number of rotatable bonds is 4. The molecule has 3 heteroatoms. The van der Waals surface area contributed by atoms with Crippen LogP contribution in [0.5, 0.6) is 11.5 Å². The van der Waals surface area contributed by atoms with Gasteiger partial charge in [-0.3, -0.25) is 0 Å². The van der Waals surface area contributed by atoms with E-state index in [4.69, 9.17) is 10.5 Å². The van der Waals surface area contributed by atoms with E-state index in [1.807, 2.05) is 25.1 Å². The molecule has 2 N–H and O–H groups in total. The van der Waals surface area contributed by atoms with Crippen molar-refractivity contribution in [1.82, 2.24) is 0 Å². The van der Waals surface area contributed by atoms with Crippen LogP contribution in [-0.2, 0) is 6.42 Å². The van der Waals surface area contributed by atoms with Gasteiger partial charge in [0.1, 0.15) is 11.5 Å². The Kier molecular flexibility index (Phi) is 4.84. The van der Waals surface area contributed by atoms with E-state index in [-0.39, 0.29) is 6.04 Å². The molecule has 0 aromatic heterocycles. The minimum absolute atomic E-state index is 0.160. The third-order valence-electron chi connectivity index (χ3n) is 2.98. The maximum Gasteiger partial charge on any atom is 0.141 e. The highest BCUT2D eigenvalue weighted by molar-refractivity contribution is 9.10. The van der Waals surface area contributed by atoms with Crippen LogP contribution in [0, 0.1) is 13.8 Å². The van der Waals surface area contributed by atoms with Crippen molar-refractivity contribution in [1.29, 1.82) is 0 Å². The third-order valence-corrected chi connectivity index (χ3v) is 3.60. The minimum Gasteiger partial charge on any atom is -0.456 e. The Bertz CT molecular complexity index is 588. The first-order valence-corrected chi connectivity index (χ1v) is 7.53. The number of ether oxygens (including phenoxy) is 1. The van der Waals surface area contributed by atoms with Crippen molar-refractivity contribution in [3.05, 3.63) is 57.6 Å². The number of benzene rings is 2. The summed E-state index contributed by atoms with van der Waals surface area (Å²) in [4.78, 5) is 0. The lowest BCUT2D eigenvalue weighted by atomic mass is 10.1. The zero-order valence-electron chi connectivity index (χ0n) is 12.1. The van der Waals surface area contributed by atoms with Crippen molar-refractivity contribution in [3.63, 3.8) is 0 Å². The van der Waals surface area contributed by atoms with Gasteiger partial charge < -0.3 is 10.5 Å². The van der Waals surface area contributed by atoms with Gasteiger partial charge in [0, 0.05) is 6.04 Å². The van der Waals surface area contributed by atoms with Crippen LogP contribution >= 0.6 is 15.9 Å². The molecular weight excluding hydrogens is 314 g/mol. The lowest BCUT2D eigenvalue weighted by molar-refractivity contribution is 0.478. The molecule has 1 unspecified atom stereocenters. The van der Waals surface area contributed by atoms with Crippen molar-refractivity contribution in [2.75, 3.05) is 0 Å². The Morgan fingerprint density at radius 3 is 2.30 bits per heavy atom. The Labute approximate surface area is 129 Å². The van der Waals surface area contributed by atoms with Crippen molar-refractivity contribution in [2.45, 2.75) is 33.2 Å². The summed E-state index contributed by atoms with van der Waals surface area (Å²) < 4.78 is 6.91. The van der Waals surface area contributed by atoms with Crippen LogP contribution in [0.1, 0.15) is 23.6 Å². The molecule has 2 nitrogen and oxygen atoms in total. The number of aryl methyl sites for hydroxylation is 2. The molecular formula is C17H20BrNO. The van der Waals surface area contributed by atoms with Crippen molar-refractivity contribution >= 4 is 15.9 Å². The standard InChI is InChI=1S/C17H20BrNO/c1-11-6-12(2)8-15(7-11)20-17-5-4-14(9-13(3)19)10-16(17)18/h4-8,10,13H,9,19H2,1-3H3. The Hall–Kier alpha value is -1.32. The van der Waals surface area contributed by atoms with Crippen LogP contribution in [0.3, 0.4) is 0 Å². The summed E-state index contributed by atoms with van der Waals surface area (Å²) in [6.07, 6.45) is 0.864. The molecule has 106 valence electrons. The largest absolute Gasteiger partial charge is 0.456 e. The van der Waals surface area contributed by atoms with E-state index in [1.54, 1.807) is 0 Å². The van der Waals surface area contributed by atoms with Crippen molar-refractivity contribution < 1.29 is 4.74 Å². The molecule has 20 heavy (non-hydrogen) atoms. The zero-order chi connectivity index (χ0) is 14.7. The maximum atomic E-state index is 5.95. The van der Waals surface area contributed by atoms with Crippen LogP contribution < -0.4 is 10.5 Å². The van der Waals surface area contributed by atoms with Crippen LogP contribution in [0.25, 0.3) is 0 Å². The normalized spacial score (nSPS) is 12.2. The molecule has 1 atom stereocenters. The SMILES string of the molecule is Cc1cc(C)cc(Oc2ccc(CC(C)N)cc2Br)c1. The molecule has 0 fully saturated rings. The molecule has 0 saturated heterocycles. The van der Waals surface area contributed by atoms with Gasteiger partial charge in [-0.05, 0) is 84.1 Å². The van der Waals surface area contributed by atoms with E-state index < -0.39 is 0 Å². The third kappa shape index (κ3) is 4.09. The molecule has 0 bridgehead atoms. The average molecular weight is 334 g/mol. The molecule has 0 radical (unpaired) electrons. The number of nitrogens with two attached hydrogens (primary N) is 1. The summed E-state index contributed by atoms with van der Waals surface area (Å²) in [7, 11) is 0. The van der Waals surface area contributed by atoms with Crippen molar-refractivity contribution in [2.24, 2.45) is 5.73 Å². The first-order valence-electron chi connectivity index (χ1n) is 6.74. The predicted octanol–water partition coefficient (Wildman–Crippen LogP) is 4.75. The first-order chi connectivity index (χ1) is 9.44. The van der Waals surface area contributed by atoms with Crippen LogP contribution in [0.4, 0.5) is 0 Å². The van der Waals surface area contributed by atoms with E-state index in [2.05, 4.69) is 48.0 Å². The smallest absolute Gasteiger partial charge is 0.141 e. The van der Waals surface area contributed by atoms with Gasteiger partial charge in [0.2, 0.25) is 0 Å². The Morgan fingerprint density at radius 1 is 1.10 bits per heavy atom. The molecule has 0 spiro atoms. The zero-order valence-corrected chi connectivity index (χ0v) is 13.7. The van der Waals surface area contributed by atoms with Gasteiger partial charge in [0.15, 0.2) is 0 Å². The predicted molar refractivity (Wildman–Crippen MR) is 87.5 cm³/mol. The average Bonchev–Trinajstić information content (AvgIpc) is 2.30. The fourth-order valence-corrected chi connectivity index (χ4v) is 2.75. The lowest BCUT2D eigenvalue weighted by Crippen LogP contribution is -2.17. The summed E-state index contributed by atoms with van der Waals surface area (Å²) in [6.45, 7) is 6.15. The summed E-state index contributed by atoms with van der Waals surface area (Å²) >= 11 is 3.57. The molecule has 0 aliphatic rings. The molecule has 0 aliphatic heterocycles. The molecule has 2 aromatic rings. The van der Waals surface area contributed by atoms with Gasteiger partial charge in [-0.25, -0.2) is 0 Å². The molecule has 0 heterocycles. The summed E-state index contributed by atoms with van der Waals surface area (Å²) in [5.74, 6) is 1.69. The van der Waals surface area contributed by atoms with E-state index in [1.165, 1.54) is 16.7 Å². The van der Waals surface area contributed by atoms with E-state index in [0.29, 0.717) is 0 Å². The first kappa shape index (κ1) is 15.1. The fraction of sp³-hybridized carbons (Fsp3) is 0.294. The summed E-state index contributed by atoms with van der Waals surface area (Å²) in [5.41, 5.74) is 9.43. The quantitative estimate of drug-likeness (QED) is 0.876. The van der Waals surface area contributed by atoms with Gasteiger partial charge in [0.25, 0.3) is 0 Å². The van der Waals surface area contributed by atoms with Gasteiger partial charge in [0.05, 0.1) is 4.47 Å². The molecule has 2 rings (SSSR count). The second kappa shape index (κ2) is 6.42. The second-order valence-corrected chi connectivity index (χ2v) is 6.23. The number of hydrogen-bond acceptors (Lipinski definition) is 2.